The van der Waals surface area contributed by atoms with E-state index in [2.05, 4.69) is 25.6 Å². The van der Waals surface area contributed by atoms with Crippen molar-refractivity contribution < 1.29 is 14.3 Å². The molecule has 2 heterocycles. The van der Waals surface area contributed by atoms with Crippen LogP contribution in [-0.4, -0.2) is 38.6 Å². The number of carbonyl (C=O) groups is 1. The van der Waals surface area contributed by atoms with Crippen LogP contribution in [0.4, 0.5) is 15.9 Å². The summed E-state index contributed by atoms with van der Waals surface area (Å²) in [5, 5.41) is 15.3. The highest BCUT2D eigenvalue weighted by atomic mass is 19.1. The van der Waals surface area contributed by atoms with E-state index < -0.39 is 11.9 Å². The molecular weight excluding hydrogens is 385 g/mol. The fraction of sp³-hybridized carbons (Fsp3) is 0.273. The summed E-state index contributed by atoms with van der Waals surface area (Å²) >= 11 is 0. The molecule has 0 saturated carbocycles. The third-order valence-electron chi connectivity index (χ3n) is 4.43. The van der Waals surface area contributed by atoms with E-state index in [1.54, 1.807) is 43.6 Å². The van der Waals surface area contributed by atoms with Crippen molar-refractivity contribution >= 4 is 17.4 Å². The Morgan fingerprint density at radius 1 is 1.17 bits per heavy atom. The summed E-state index contributed by atoms with van der Waals surface area (Å²) in [6.45, 7) is 5.70. The lowest BCUT2D eigenvalue weighted by Crippen LogP contribution is -2.31. The molecule has 8 heteroatoms. The van der Waals surface area contributed by atoms with Gasteiger partial charge >= 0.3 is 0 Å². The van der Waals surface area contributed by atoms with Crippen LogP contribution in [-0.2, 0) is 0 Å². The van der Waals surface area contributed by atoms with Crippen molar-refractivity contribution in [1.82, 2.24) is 20.3 Å². The Hall–Kier alpha value is -3.39. The minimum absolute atomic E-state index is 0.0940. The predicted molar refractivity (Wildman–Crippen MR) is 113 cm³/mol. The number of amides is 1. The number of aliphatic hydroxyl groups is 1. The zero-order chi connectivity index (χ0) is 21.7. The Balaban J connectivity index is 1.99. The van der Waals surface area contributed by atoms with Gasteiger partial charge in [-0.3, -0.25) is 9.78 Å². The topological polar surface area (TPSA) is 100 Å². The molecule has 0 bridgehead atoms. The number of aromatic nitrogens is 3. The van der Waals surface area contributed by atoms with E-state index in [0.717, 1.165) is 5.56 Å². The number of pyridine rings is 1. The van der Waals surface area contributed by atoms with Gasteiger partial charge in [0.05, 0.1) is 22.9 Å². The van der Waals surface area contributed by atoms with Gasteiger partial charge in [-0.1, -0.05) is 26.0 Å². The van der Waals surface area contributed by atoms with Crippen LogP contribution >= 0.6 is 0 Å². The molecule has 7 nitrogen and oxygen atoms in total. The zero-order valence-electron chi connectivity index (χ0n) is 17.1. The number of hydrogen-bond acceptors (Lipinski definition) is 6. The second-order valence-corrected chi connectivity index (χ2v) is 7.24. The van der Waals surface area contributed by atoms with E-state index in [-0.39, 0.29) is 24.2 Å². The molecule has 3 N–H and O–H groups in total. The average molecular weight is 409 g/mol. The van der Waals surface area contributed by atoms with Gasteiger partial charge in [0.15, 0.2) is 5.82 Å². The van der Waals surface area contributed by atoms with Crippen molar-refractivity contribution in [1.29, 1.82) is 0 Å². The van der Waals surface area contributed by atoms with Gasteiger partial charge < -0.3 is 15.7 Å². The fourth-order valence-corrected chi connectivity index (χ4v) is 2.83. The maximum atomic E-state index is 14.2. The molecule has 0 aliphatic carbocycles. The van der Waals surface area contributed by atoms with Gasteiger partial charge in [0, 0.05) is 30.7 Å². The minimum atomic E-state index is -0.667. The van der Waals surface area contributed by atoms with Gasteiger partial charge in [-0.25, -0.2) is 14.4 Å². The van der Waals surface area contributed by atoms with Crippen molar-refractivity contribution in [3.8, 4) is 11.4 Å². The summed E-state index contributed by atoms with van der Waals surface area (Å²) in [6.07, 6.45) is 3.99. The van der Waals surface area contributed by atoms with E-state index >= 15 is 0 Å². The van der Waals surface area contributed by atoms with Crippen LogP contribution in [0.15, 0.2) is 48.9 Å². The first-order chi connectivity index (χ1) is 14.4. The number of halogens is 1. The van der Waals surface area contributed by atoms with Gasteiger partial charge in [-0.15, -0.1) is 0 Å². The number of nitrogens with zero attached hydrogens (tertiary/aromatic N) is 3. The van der Waals surface area contributed by atoms with Gasteiger partial charge in [-0.2, -0.15) is 0 Å². The van der Waals surface area contributed by atoms with E-state index in [1.165, 1.54) is 12.3 Å². The molecule has 1 unspecified atom stereocenters. The van der Waals surface area contributed by atoms with Gasteiger partial charge in [0.25, 0.3) is 5.91 Å². The number of aliphatic hydroxyl groups excluding tert-OH is 1. The minimum Gasteiger partial charge on any atom is -0.392 e. The highest BCUT2D eigenvalue weighted by Gasteiger charge is 2.17. The highest BCUT2D eigenvalue weighted by molar-refractivity contribution is 6.00. The molecule has 0 aliphatic heterocycles. The molecule has 1 amide bonds. The summed E-state index contributed by atoms with van der Waals surface area (Å²) in [7, 11) is 0. The Morgan fingerprint density at radius 3 is 2.63 bits per heavy atom. The summed E-state index contributed by atoms with van der Waals surface area (Å²) in [5.74, 6) is 0.0311. The largest absolute Gasteiger partial charge is 0.392 e. The molecule has 0 spiro atoms. The zero-order valence-corrected chi connectivity index (χ0v) is 17.1. The Bertz CT molecular complexity index is 1040. The molecule has 2 aromatic heterocycles. The molecule has 0 saturated heterocycles. The van der Waals surface area contributed by atoms with Crippen LogP contribution in [0.3, 0.4) is 0 Å². The van der Waals surface area contributed by atoms with Crippen LogP contribution in [0, 0.1) is 5.82 Å². The van der Waals surface area contributed by atoms with E-state index in [9.17, 15) is 14.3 Å². The second-order valence-electron chi connectivity index (χ2n) is 7.24. The number of rotatable bonds is 7. The number of anilines is 2. The molecule has 1 atom stereocenters. The molecule has 3 rings (SSSR count). The van der Waals surface area contributed by atoms with Crippen molar-refractivity contribution in [2.24, 2.45) is 0 Å². The first kappa shape index (κ1) is 21.3. The molecular formula is C22H24FN5O2. The average Bonchev–Trinajstić information content (AvgIpc) is 2.72. The van der Waals surface area contributed by atoms with Gasteiger partial charge in [0.1, 0.15) is 11.6 Å². The quantitative estimate of drug-likeness (QED) is 0.551. The lowest BCUT2D eigenvalue weighted by Gasteiger charge is -2.17. The van der Waals surface area contributed by atoms with Crippen LogP contribution in [0.1, 0.15) is 42.6 Å². The summed E-state index contributed by atoms with van der Waals surface area (Å²) in [6, 6.07) is 7.96. The SMILES string of the molecule is CC(O)CNC(=O)c1cnccc1Nc1nc(-c2ccccc2F)ncc1C(C)C. The lowest BCUT2D eigenvalue weighted by molar-refractivity contribution is 0.0924. The van der Waals surface area contributed by atoms with Crippen LogP contribution in [0.25, 0.3) is 11.4 Å². The molecule has 0 aliphatic rings. The van der Waals surface area contributed by atoms with Gasteiger partial charge in [0.2, 0.25) is 0 Å². The second kappa shape index (κ2) is 9.41. The van der Waals surface area contributed by atoms with Crippen molar-refractivity contribution in [3.05, 3.63) is 65.9 Å². The molecule has 3 aromatic rings. The Morgan fingerprint density at radius 2 is 1.93 bits per heavy atom. The first-order valence-corrected chi connectivity index (χ1v) is 9.66. The van der Waals surface area contributed by atoms with Gasteiger partial charge in [-0.05, 0) is 31.0 Å². The molecule has 30 heavy (non-hydrogen) atoms. The molecule has 1 aromatic carbocycles. The van der Waals surface area contributed by atoms with E-state index in [4.69, 9.17) is 0 Å². The maximum absolute atomic E-state index is 14.2. The van der Waals surface area contributed by atoms with Crippen molar-refractivity contribution in [3.63, 3.8) is 0 Å². The monoisotopic (exact) mass is 409 g/mol. The molecule has 0 fully saturated rings. The highest BCUT2D eigenvalue weighted by Crippen LogP contribution is 2.29. The fourth-order valence-electron chi connectivity index (χ4n) is 2.83. The smallest absolute Gasteiger partial charge is 0.255 e. The van der Waals surface area contributed by atoms with Crippen molar-refractivity contribution in [2.75, 3.05) is 11.9 Å². The Kier molecular flexibility index (Phi) is 6.68. The number of benzene rings is 1. The van der Waals surface area contributed by atoms with E-state index in [0.29, 0.717) is 22.6 Å². The predicted octanol–water partition coefficient (Wildman–Crippen LogP) is 3.66. The Labute approximate surface area is 174 Å². The third-order valence-corrected chi connectivity index (χ3v) is 4.43. The number of hydrogen-bond donors (Lipinski definition) is 3. The van der Waals surface area contributed by atoms with Crippen LogP contribution in [0.2, 0.25) is 0 Å². The normalized spacial score (nSPS) is 11.9. The maximum Gasteiger partial charge on any atom is 0.255 e. The number of carbonyl (C=O) groups excluding carboxylic acids is 1. The lowest BCUT2D eigenvalue weighted by atomic mass is 10.1. The summed E-state index contributed by atoms with van der Waals surface area (Å²) < 4.78 is 14.2. The van der Waals surface area contributed by atoms with Crippen molar-refractivity contribution in [2.45, 2.75) is 32.8 Å². The van der Waals surface area contributed by atoms with Crippen LogP contribution < -0.4 is 10.6 Å². The summed E-state index contributed by atoms with van der Waals surface area (Å²) in [5.41, 5.74) is 1.91. The number of nitrogens with one attached hydrogen (secondary N) is 2. The van der Waals surface area contributed by atoms with E-state index in [1.807, 2.05) is 13.8 Å². The molecule has 0 radical (unpaired) electrons. The molecule has 156 valence electrons. The standard InChI is InChI=1S/C22H24FN5O2/c1-13(2)16-12-25-20(15-6-4-5-7-18(15)23)28-21(16)27-19-8-9-24-11-17(19)22(30)26-10-14(3)29/h4-9,11-14,29H,10H2,1-3H3,(H,26,30)(H,24,25,27,28). The van der Waals surface area contributed by atoms with Crippen LogP contribution in [0.5, 0.6) is 0 Å². The first-order valence-electron chi connectivity index (χ1n) is 9.66. The summed E-state index contributed by atoms with van der Waals surface area (Å²) in [4.78, 5) is 25.4. The third kappa shape index (κ3) is 4.96.